The van der Waals surface area contributed by atoms with Crippen LogP contribution in [0.25, 0.3) is 0 Å². The van der Waals surface area contributed by atoms with Crippen LogP contribution in [0.15, 0.2) is 54.7 Å². The van der Waals surface area contributed by atoms with Gasteiger partial charge in [-0.05, 0) is 67.9 Å². The van der Waals surface area contributed by atoms with E-state index in [2.05, 4.69) is 34.3 Å². The molecule has 1 aromatic carbocycles. The zero-order chi connectivity index (χ0) is 26.8. The third-order valence-electron chi connectivity index (χ3n) is 7.87. The Balaban J connectivity index is 1.20. The van der Waals surface area contributed by atoms with Crippen LogP contribution in [0.4, 0.5) is 4.79 Å². The maximum absolute atomic E-state index is 13.3. The molecule has 4 heterocycles. The first-order valence-corrected chi connectivity index (χ1v) is 14.1. The number of aromatic nitrogens is 1. The second kappa shape index (κ2) is 11.3. The Hall–Kier alpha value is -3.23. The third-order valence-corrected chi connectivity index (χ3v) is 8.75. The van der Waals surface area contributed by atoms with Gasteiger partial charge in [-0.3, -0.25) is 9.78 Å². The van der Waals surface area contributed by atoms with Crippen LogP contribution >= 0.6 is 11.3 Å². The van der Waals surface area contributed by atoms with E-state index in [9.17, 15) is 9.59 Å². The molecule has 2 aliphatic heterocycles. The summed E-state index contributed by atoms with van der Waals surface area (Å²) >= 11 is 1.46. The minimum Gasteiger partial charge on any atom is -0.399 e. The molecule has 3 unspecified atom stereocenters. The van der Waals surface area contributed by atoms with E-state index in [0.29, 0.717) is 16.9 Å². The number of ether oxygens (including phenoxy) is 1. The number of carbonyl (C=O) groups is 2. The number of hydrogen-bond acceptors (Lipinski definition) is 6. The lowest BCUT2D eigenvalue weighted by Crippen LogP contribution is -2.40. The Morgan fingerprint density at radius 1 is 1.03 bits per heavy atom. The maximum Gasteiger partial charge on any atom is 0.413 e. The summed E-state index contributed by atoms with van der Waals surface area (Å²) in [6, 6.07) is 15.6. The molecule has 2 aliphatic rings. The molecule has 0 bridgehead atoms. The predicted molar refractivity (Wildman–Crippen MR) is 150 cm³/mol. The highest BCUT2D eigenvalue weighted by Gasteiger charge is 2.42. The largest absolute Gasteiger partial charge is 0.413 e. The van der Waals surface area contributed by atoms with Crippen LogP contribution in [-0.2, 0) is 0 Å². The fourth-order valence-electron chi connectivity index (χ4n) is 6.02. The Morgan fingerprint density at radius 2 is 1.74 bits per heavy atom. The zero-order valence-corrected chi connectivity index (χ0v) is 23.3. The lowest BCUT2D eigenvalue weighted by molar-refractivity contribution is 0.0770. The smallest absolute Gasteiger partial charge is 0.399 e. The minimum absolute atomic E-state index is 0.107. The van der Waals surface area contributed by atoms with Gasteiger partial charge in [-0.2, -0.15) is 0 Å². The number of nitrogens with zero attached hydrogens (tertiary/aromatic N) is 3. The summed E-state index contributed by atoms with van der Waals surface area (Å²) in [5.41, 5.74) is 3.61. The fourth-order valence-corrected chi connectivity index (χ4v) is 6.73. The van der Waals surface area contributed by atoms with Gasteiger partial charge in [-0.25, -0.2) is 4.79 Å². The molecule has 38 heavy (non-hydrogen) atoms. The van der Waals surface area contributed by atoms with E-state index in [1.54, 1.807) is 6.20 Å². The third kappa shape index (κ3) is 5.76. The summed E-state index contributed by atoms with van der Waals surface area (Å²) in [4.78, 5) is 36.0. The van der Waals surface area contributed by atoms with Crippen LogP contribution < -0.4 is 10.1 Å². The predicted octanol–water partition coefficient (Wildman–Crippen LogP) is 5.24. The highest BCUT2D eigenvalue weighted by atomic mass is 32.1. The molecule has 8 heteroatoms. The van der Waals surface area contributed by atoms with Gasteiger partial charge in [0.2, 0.25) is 0 Å². The van der Waals surface area contributed by atoms with Crippen molar-refractivity contribution in [2.24, 2.45) is 17.8 Å². The number of thiophene rings is 1. The van der Waals surface area contributed by atoms with E-state index in [4.69, 9.17) is 4.74 Å². The number of pyridine rings is 1. The Kier molecular flexibility index (Phi) is 7.81. The molecule has 200 valence electrons. The van der Waals surface area contributed by atoms with E-state index in [1.165, 1.54) is 11.3 Å². The quantitative estimate of drug-likeness (QED) is 0.451. The topological polar surface area (TPSA) is 74.8 Å². The van der Waals surface area contributed by atoms with Crippen molar-refractivity contribution < 1.29 is 14.3 Å². The zero-order valence-electron chi connectivity index (χ0n) is 22.5. The number of hydrogen-bond donors (Lipinski definition) is 1. The average molecular weight is 533 g/mol. The number of likely N-dealkylation sites (tertiary alicyclic amines) is 2. The Bertz CT molecular complexity index is 1260. The van der Waals surface area contributed by atoms with Gasteiger partial charge in [-0.1, -0.05) is 37.3 Å². The first kappa shape index (κ1) is 26.4. The van der Waals surface area contributed by atoms with E-state index < -0.39 is 6.09 Å². The van der Waals surface area contributed by atoms with Crippen molar-refractivity contribution in [3.05, 3.63) is 82.0 Å². The number of fused-ring (bicyclic) bond motifs is 1. The Morgan fingerprint density at radius 3 is 2.37 bits per heavy atom. The van der Waals surface area contributed by atoms with E-state index in [0.717, 1.165) is 60.0 Å². The van der Waals surface area contributed by atoms with Gasteiger partial charge in [0.25, 0.3) is 5.91 Å². The maximum atomic E-state index is 13.3. The summed E-state index contributed by atoms with van der Waals surface area (Å²) in [5.74, 6) is 1.22. The number of rotatable bonds is 7. The van der Waals surface area contributed by atoms with Gasteiger partial charge in [0.15, 0.2) is 5.06 Å². The van der Waals surface area contributed by atoms with Gasteiger partial charge in [-0.15, -0.1) is 11.3 Å². The molecule has 2 aromatic heterocycles. The first-order chi connectivity index (χ1) is 18.3. The molecule has 5 rings (SSSR count). The lowest BCUT2D eigenvalue weighted by atomic mass is 9.94. The molecule has 1 N–H and O–H groups in total. The molecule has 0 aliphatic carbocycles. The molecule has 7 nitrogen and oxygen atoms in total. The minimum atomic E-state index is -0.430. The number of benzene rings is 1. The standard InChI is InChI=1S/C30H36N4O3S/c1-19-12-13-31-22(4)27(19)29(35)34-17-24-15-33(16-25(24)18-34)14-20(2)28(23-8-6-5-7-9-23)32-30(36)37-26-11-10-21(3)38-26/h5-13,20,24-25,28H,14-18H2,1-4H3,(H,32,36)/t20?,24-,25?,28?/m0/s1. The average Bonchev–Trinajstić information content (AvgIpc) is 3.57. The summed E-state index contributed by atoms with van der Waals surface area (Å²) in [6.45, 7) is 12.4. The van der Waals surface area contributed by atoms with E-state index in [1.807, 2.05) is 62.1 Å². The van der Waals surface area contributed by atoms with E-state index in [-0.39, 0.29) is 17.9 Å². The van der Waals surface area contributed by atoms with Crippen LogP contribution in [0.5, 0.6) is 5.06 Å². The van der Waals surface area contributed by atoms with Gasteiger partial charge >= 0.3 is 6.09 Å². The monoisotopic (exact) mass is 532 g/mol. The molecular formula is C30H36N4O3S. The molecule has 2 saturated heterocycles. The second-order valence-corrected chi connectivity index (χ2v) is 12.1. The normalized spacial score (nSPS) is 20.7. The summed E-state index contributed by atoms with van der Waals surface area (Å²) < 4.78 is 5.57. The number of aryl methyl sites for hydroxylation is 3. The second-order valence-electron chi connectivity index (χ2n) is 10.8. The van der Waals surface area contributed by atoms with Crippen molar-refractivity contribution in [3.63, 3.8) is 0 Å². The molecule has 3 aromatic rings. The van der Waals surface area contributed by atoms with Gasteiger partial charge < -0.3 is 19.9 Å². The van der Waals surface area contributed by atoms with Crippen molar-refractivity contribution in [1.82, 2.24) is 20.1 Å². The van der Waals surface area contributed by atoms with Crippen LogP contribution in [-0.4, -0.2) is 59.5 Å². The summed E-state index contributed by atoms with van der Waals surface area (Å²) in [7, 11) is 0. The van der Waals surface area contributed by atoms with E-state index >= 15 is 0 Å². The van der Waals surface area contributed by atoms with Crippen molar-refractivity contribution >= 4 is 23.3 Å². The molecular weight excluding hydrogens is 496 g/mol. The van der Waals surface area contributed by atoms with Crippen LogP contribution in [0.2, 0.25) is 0 Å². The SMILES string of the molecule is Cc1ccc(OC(=O)NC(c2ccccc2)C(C)CN2CC3CN(C(=O)c4c(C)ccnc4C)C[C@@H]3C2)s1. The molecule has 4 atom stereocenters. The number of carbonyl (C=O) groups excluding carboxylic acids is 2. The van der Waals surface area contributed by atoms with Gasteiger partial charge in [0.1, 0.15) is 0 Å². The summed E-state index contributed by atoms with van der Waals surface area (Å²) in [5, 5.41) is 3.73. The number of nitrogens with one attached hydrogen (secondary N) is 1. The van der Waals surface area contributed by atoms with Gasteiger partial charge in [0, 0.05) is 43.8 Å². The van der Waals surface area contributed by atoms with Crippen LogP contribution in [0, 0.1) is 38.5 Å². The first-order valence-electron chi connectivity index (χ1n) is 13.3. The highest BCUT2D eigenvalue weighted by molar-refractivity contribution is 7.13. The molecule has 0 saturated carbocycles. The molecule has 0 spiro atoms. The fraction of sp³-hybridized carbons (Fsp3) is 0.433. The molecule has 2 fully saturated rings. The summed E-state index contributed by atoms with van der Waals surface area (Å²) in [6.07, 6.45) is 1.33. The van der Waals surface area contributed by atoms with Crippen molar-refractivity contribution in [2.45, 2.75) is 33.7 Å². The molecule has 0 radical (unpaired) electrons. The van der Waals surface area contributed by atoms with Crippen LogP contribution in [0.3, 0.4) is 0 Å². The number of amides is 2. The highest BCUT2D eigenvalue weighted by Crippen LogP contribution is 2.34. The Labute approximate surface area is 228 Å². The molecule has 2 amide bonds. The van der Waals surface area contributed by atoms with Crippen molar-refractivity contribution in [1.29, 1.82) is 0 Å². The lowest BCUT2D eigenvalue weighted by Gasteiger charge is -2.30. The van der Waals surface area contributed by atoms with Crippen LogP contribution in [0.1, 0.15) is 45.0 Å². The van der Waals surface area contributed by atoms with Crippen molar-refractivity contribution in [3.8, 4) is 5.06 Å². The van der Waals surface area contributed by atoms with Gasteiger partial charge in [0.05, 0.1) is 17.3 Å². The van der Waals surface area contributed by atoms with Crippen molar-refractivity contribution in [2.75, 3.05) is 32.7 Å².